The van der Waals surface area contributed by atoms with Crippen LogP contribution in [-0.4, -0.2) is 66.5 Å². The smallest absolute Gasteiger partial charge is 0.358 e. The zero-order valence-corrected chi connectivity index (χ0v) is 18.2. The number of hydrogen-bond acceptors (Lipinski definition) is 6. The monoisotopic (exact) mass is 415 g/mol. The second kappa shape index (κ2) is 8.92. The summed E-state index contributed by atoms with van der Waals surface area (Å²) in [7, 11) is 1.92. The minimum Gasteiger partial charge on any atom is -0.478 e. The number of aromatic nitrogens is 1. The van der Waals surface area contributed by atoms with Gasteiger partial charge in [0.25, 0.3) is 0 Å². The van der Waals surface area contributed by atoms with Crippen LogP contribution in [0, 0.1) is 5.92 Å². The van der Waals surface area contributed by atoms with Gasteiger partial charge in [-0.2, -0.15) is 0 Å². The molecule has 1 aromatic rings. The lowest BCUT2D eigenvalue weighted by Crippen LogP contribution is -2.43. The second-order valence-electron chi connectivity index (χ2n) is 8.80. The molecule has 1 aromatic heterocycles. The molecule has 1 saturated carbocycles. The van der Waals surface area contributed by atoms with Gasteiger partial charge < -0.3 is 19.3 Å². The van der Waals surface area contributed by atoms with Crippen molar-refractivity contribution in [3.63, 3.8) is 0 Å². The molecule has 2 aliphatic heterocycles. The van der Waals surface area contributed by atoms with E-state index in [9.17, 15) is 9.59 Å². The van der Waals surface area contributed by atoms with Gasteiger partial charge >= 0.3 is 5.97 Å². The van der Waals surface area contributed by atoms with Crippen LogP contribution in [0.15, 0.2) is 12.1 Å². The van der Waals surface area contributed by atoms with Gasteiger partial charge in [-0.15, -0.1) is 0 Å². The lowest BCUT2D eigenvalue weighted by molar-refractivity contribution is -0.137. The van der Waals surface area contributed by atoms with E-state index in [1.165, 1.54) is 19.3 Å². The Morgan fingerprint density at radius 2 is 2.00 bits per heavy atom. The maximum absolute atomic E-state index is 13.0. The molecule has 3 aliphatic rings. The summed E-state index contributed by atoms with van der Waals surface area (Å²) in [5.74, 6) is 0.288. The minimum atomic E-state index is -0.632. The number of fused-ring (bicyclic) bond motifs is 2. The van der Waals surface area contributed by atoms with E-state index < -0.39 is 5.60 Å². The molecule has 3 heterocycles. The van der Waals surface area contributed by atoms with E-state index in [1.807, 2.05) is 24.9 Å². The molecular formula is C23H33N3O4. The van der Waals surface area contributed by atoms with Crippen molar-refractivity contribution < 1.29 is 19.1 Å². The Hall–Kier alpha value is -2.15. The summed E-state index contributed by atoms with van der Waals surface area (Å²) < 4.78 is 11.2. The Kier molecular flexibility index (Phi) is 6.27. The highest BCUT2D eigenvalue weighted by atomic mass is 16.6. The van der Waals surface area contributed by atoms with Crippen LogP contribution in [0.4, 0.5) is 0 Å². The summed E-state index contributed by atoms with van der Waals surface area (Å²) in [6, 6.07) is 3.71. The van der Waals surface area contributed by atoms with Gasteiger partial charge in [0.1, 0.15) is 5.60 Å². The highest BCUT2D eigenvalue weighted by Crippen LogP contribution is 2.48. The molecule has 0 aromatic carbocycles. The van der Waals surface area contributed by atoms with Gasteiger partial charge in [0.2, 0.25) is 11.8 Å². The van der Waals surface area contributed by atoms with Crippen LogP contribution in [0.3, 0.4) is 0 Å². The Morgan fingerprint density at radius 1 is 1.27 bits per heavy atom. The second-order valence-corrected chi connectivity index (χ2v) is 8.80. The lowest BCUT2D eigenvalue weighted by atomic mass is 9.75. The van der Waals surface area contributed by atoms with E-state index in [1.54, 1.807) is 6.07 Å². The van der Waals surface area contributed by atoms with Gasteiger partial charge in [-0.05, 0) is 64.6 Å². The maximum atomic E-state index is 13.0. The molecule has 1 spiro atoms. The van der Waals surface area contributed by atoms with Crippen molar-refractivity contribution in [3.8, 4) is 5.88 Å². The van der Waals surface area contributed by atoms with Crippen molar-refractivity contribution in [2.45, 2.75) is 57.5 Å². The molecule has 0 bridgehead atoms. The fourth-order valence-electron chi connectivity index (χ4n) is 5.07. The summed E-state index contributed by atoms with van der Waals surface area (Å²) in [5, 5.41) is 0. The van der Waals surface area contributed by atoms with Crippen molar-refractivity contribution in [2.75, 3.05) is 39.8 Å². The fraction of sp³-hybridized carbons (Fsp3) is 0.696. The van der Waals surface area contributed by atoms with Gasteiger partial charge in [-0.25, -0.2) is 9.78 Å². The third kappa shape index (κ3) is 4.17. The number of hydrogen-bond donors (Lipinski definition) is 0. The highest BCUT2D eigenvalue weighted by molar-refractivity contribution is 5.93. The van der Waals surface area contributed by atoms with Crippen LogP contribution < -0.4 is 4.74 Å². The predicted octanol–water partition coefficient (Wildman–Crippen LogP) is 2.98. The number of ether oxygens (including phenoxy) is 2. The molecule has 7 nitrogen and oxygen atoms in total. The molecule has 4 rings (SSSR count). The highest BCUT2D eigenvalue weighted by Gasteiger charge is 2.49. The fourth-order valence-corrected chi connectivity index (χ4v) is 5.07. The van der Waals surface area contributed by atoms with Crippen LogP contribution in [0.5, 0.6) is 5.88 Å². The Labute approximate surface area is 178 Å². The summed E-state index contributed by atoms with van der Waals surface area (Å²) in [6.07, 6.45) is 6.65. The number of likely N-dealkylation sites (N-methyl/N-ethyl adjacent to an activating group) is 1. The molecule has 164 valence electrons. The van der Waals surface area contributed by atoms with Gasteiger partial charge in [0, 0.05) is 37.7 Å². The molecular weight excluding hydrogens is 382 g/mol. The Morgan fingerprint density at radius 3 is 2.70 bits per heavy atom. The van der Waals surface area contributed by atoms with Gasteiger partial charge in [0.05, 0.1) is 6.61 Å². The molecule has 1 saturated heterocycles. The molecule has 0 atom stereocenters. The molecule has 0 radical (unpaired) electrons. The van der Waals surface area contributed by atoms with Gasteiger partial charge in [-0.3, -0.25) is 4.79 Å². The van der Waals surface area contributed by atoms with E-state index in [0.29, 0.717) is 31.0 Å². The van der Waals surface area contributed by atoms with Crippen molar-refractivity contribution in [2.24, 2.45) is 5.92 Å². The zero-order valence-electron chi connectivity index (χ0n) is 18.2. The summed E-state index contributed by atoms with van der Waals surface area (Å²) in [5.41, 5.74) is 0.581. The number of esters is 1. The summed E-state index contributed by atoms with van der Waals surface area (Å²) in [6.45, 7) is 6.42. The minimum absolute atomic E-state index is 0.000361. The van der Waals surface area contributed by atoms with Crippen LogP contribution in [0.1, 0.15) is 67.9 Å². The van der Waals surface area contributed by atoms with E-state index in [4.69, 9.17) is 9.47 Å². The van der Waals surface area contributed by atoms with Gasteiger partial charge in [0.15, 0.2) is 5.69 Å². The molecule has 30 heavy (non-hydrogen) atoms. The topological polar surface area (TPSA) is 72.0 Å². The Balaban J connectivity index is 1.34. The number of nitrogens with zero attached hydrogens (tertiary/aromatic N) is 3. The van der Waals surface area contributed by atoms with Crippen molar-refractivity contribution >= 4 is 11.9 Å². The summed E-state index contributed by atoms with van der Waals surface area (Å²) in [4.78, 5) is 34.1. The first-order valence-electron chi connectivity index (χ1n) is 11.4. The predicted molar refractivity (Wildman–Crippen MR) is 112 cm³/mol. The first-order valence-corrected chi connectivity index (χ1v) is 11.4. The molecule has 2 fully saturated rings. The maximum Gasteiger partial charge on any atom is 0.358 e. The molecule has 0 unspecified atom stereocenters. The lowest BCUT2D eigenvalue weighted by Gasteiger charge is -2.37. The average molecular weight is 416 g/mol. The average Bonchev–Trinajstić information content (AvgIpc) is 3.04. The normalized spacial score (nSPS) is 26.3. The molecule has 1 amide bonds. The Bertz CT molecular complexity index is 783. The largest absolute Gasteiger partial charge is 0.478 e. The number of likely N-dealkylation sites (tertiary alicyclic amines) is 1. The molecule has 1 aliphatic carbocycles. The van der Waals surface area contributed by atoms with Crippen LogP contribution >= 0.6 is 0 Å². The quantitative estimate of drug-likeness (QED) is 0.665. The van der Waals surface area contributed by atoms with Crippen LogP contribution in [0.25, 0.3) is 0 Å². The number of rotatable bonds is 6. The molecule has 0 N–H and O–H groups in total. The number of piperidine rings is 1. The van der Waals surface area contributed by atoms with Crippen LogP contribution in [0.2, 0.25) is 0 Å². The van der Waals surface area contributed by atoms with Crippen molar-refractivity contribution in [1.29, 1.82) is 0 Å². The first-order chi connectivity index (χ1) is 14.5. The molecule has 7 heteroatoms. The SMILES string of the molecule is CCOc1ccc2c(n1)C(=O)O[C@]21CC[C@H](C(=O)N(C)CCN2CCCCC2)CC1. The van der Waals surface area contributed by atoms with E-state index in [-0.39, 0.29) is 17.8 Å². The van der Waals surface area contributed by atoms with Gasteiger partial charge in [-0.1, -0.05) is 6.42 Å². The number of carbonyl (C=O) groups excluding carboxylic acids is 2. The van der Waals surface area contributed by atoms with Crippen molar-refractivity contribution in [3.05, 3.63) is 23.4 Å². The van der Waals surface area contributed by atoms with Crippen LogP contribution in [-0.2, 0) is 15.1 Å². The number of carbonyl (C=O) groups is 2. The summed E-state index contributed by atoms with van der Waals surface area (Å²) >= 11 is 0. The van der Waals surface area contributed by atoms with E-state index in [2.05, 4.69) is 9.88 Å². The van der Waals surface area contributed by atoms with Crippen molar-refractivity contribution in [1.82, 2.24) is 14.8 Å². The van der Waals surface area contributed by atoms with E-state index in [0.717, 1.165) is 44.6 Å². The third-order valence-corrected chi connectivity index (χ3v) is 6.85. The third-order valence-electron chi connectivity index (χ3n) is 6.85. The standard InChI is InChI=1S/C23H33N3O4/c1-3-29-19-8-7-18-20(24-19)22(28)30-23(18)11-9-17(10-12-23)21(27)25(2)15-16-26-13-5-4-6-14-26/h7-8,17H,3-6,9-16H2,1-2H3/t17-,23-. The number of pyridine rings is 1. The zero-order chi connectivity index (χ0) is 21.1. The first kappa shape index (κ1) is 21.1. The van der Waals surface area contributed by atoms with E-state index >= 15 is 0 Å². The number of amides is 1.